The van der Waals surface area contributed by atoms with Crippen LogP contribution >= 0.6 is 27.3 Å². The predicted octanol–water partition coefficient (Wildman–Crippen LogP) is 4.05. The van der Waals surface area contributed by atoms with Crippen molar-refractivity contribution in [3.63, 3.8) is 0 Å². The second-order valence-corrected chi connectivity index (χ2v) is 8.41. The summed E-state index contributed by atoms with van der Waals surface area (Å²) >= 11 is 4.89. The number of benzene rings is 2. The number of amides is 3. The number of rotatable bonds is 4. The topological polar surface area (TPSA) is 71.7 Å². The van der Waals surface area contributed by atoms with Crippen LogP contribution in [0.1, 0.15) is 23.2 Å². The highest BCUT2D eigenvalue weighted by atomic mass is 79.9. The van der Waals surface area contributed by atoms with Crippen molar-refractivity contribution in [2.24, 2.45) is 4.99 Å². The Hall–Kier alpha value is -2.84. The average Bonchev–Trinajstić information content (AvgIpc) is 3.21. The summed E-state index contributed by atoms with van der Waals surface area (Å²) in [6.45, 7) is 4.32. The number of imide groups is 1. The Morgan fingerprint density at radius 3 is 2.48 bits per heavy atom. The normalized spacial score (nSPS) is 14.8. The highest BCUT2D eigenvalue weighted by molar-refractivity contribution is 9.10. The molecule has 2 aromatic carbocycles. The van der Waals surface area contributed by atoms with Crippen molar-refractivity contribution < 1.29 is 14.4 Å². The zero-order chi connectivity index (χ0) is 20.5. The number of thiazole rings is 1. The molecule has 1 aliphatic rings. The number of carbonyl (C=O) groups is 3. The van der Waals surface area contributed by atoms with E-state index < -0.39 is 0 Å². The first-order valence-corrected chi connectivity index (χ1v) is 10.5. The standard InChI is InChI=1S/C21H16BrN3O3S/c1-2-11-24-16-8-5-14(22)12-17(16)29-21(24)23-20(28)13-3-6-15(7-4-13)25-18(26)9-10-19(25)27/h2-8,12H,1,9-11H2. The summed E-state index contributed by atoms with van der Waals surface area (Å²) in [6.07, 6.45) is 2.21. The molecule has 8 heteroatoms. The van der Waals surface area contributed by atoms with Crippen LogP contribution in [0.25, 0.3) is 10.2 Å². The van der Waals surface area contributed by atoms with Crippen molar-refractivity contribution in [1.29, 1.82) is 0 Å². The maximum atomic E-state index is 12.7. The number of carbonyl (C=O) groups excluding carboxylic acids is 3. The van der Waals surface area contributed by atoms with Gasteiger partial charge in [-0.1, -0.05) is 33.3 Å². The van der Waals surface area contributed by atoms with Crippen LogP contribution in [0.3, 0.4) is 0 Å². The molecule has 4 rings (SSSR count). The largest absolute Gasteiger partial charge is 0.312 e. The van der Waals surface area contributed by atoms with Crippen molar-refractivity contribution in [1.82, 2.24) is 4.57 Å². The highest BCUT2D eigenvalue weighted by Gasteiger charge is 2.30. The average molecular weight is 470 g/mol. The van der Waals surface area contributed by atoms with Crippen LogP contribution in [0.4, 0.5) is 5.69 Å². The minimum atomic E-state index is -0.390. The molecule has 146 valence electrons. The van der Waals surface area contributed by atoms with Gasteiger partial charge in [-0.2, -0.15) is 4.99 Å². The molecule has 6 nitrogen and oxygen atoms in total. The van der Waals surface area contributed by atoms with E-state index in [1.54, 1.807) is 30.3 Å². The number of fused-ring (bicyclic) bond motifs is 1. The highest BCUT2D eigenvalue weighted by Crippen LogP contribution is 2.24. The molecule has 0 spiro atoms. The molecule has 0 radical (unpaired) electrons. The molecular formula is C21H16BrN3O3S. The fourth-order valence-corrected chi connectivity index (χ4v) is 4.80. The van der Waals surface area contributed by atoms with Gasteiger partial charge in [-0.25, -0.2) is 0 Å². The Balaban J connectivity index is 1.69. The van der Waals surface area contributed by atoms with Crippen LogP contribution in [0.2, 0.25) is 0 Å². The van der Waals surface area contributed by atoms with Gasteiger partial charge in [-0.3, -0.25) is 19.3 Å². The first-order valence-electron chi connectivity index (χ1n) is 8.92. The zero-order valence-corrected chi connectivity index (χ0v) is 17.7. The number of hydrogen-bond donors (Lipinski definition) is 0. The lowest BCUT2D eigenvalue weighted by Crippen LogP contribution is -2.28. The molecular weight excluding hydrogens is 454 g/mol. The Morgan fingerprint density at radius 1 is 1.14 bits per heavy atom. The van der Waals surface area contributed by atoms with E-state index in [1.807, 2.05) is 22.8 Å². The minimum absolute atomic E-state index is 0.222. The quantitative estimate of drug-likeness (QED) is 0.427. The third kappa shape index (κ3) is 3.73. The molecule has 0 saturated carbocycles. The van der Waals surface area contributed by atoms with Crippen molar-refractivity contribution in [2.45, 2.75) is 19.4 Å². The molecule has 0 bridgehead atoms. The Kier molecular flexibility index (Phi) is 5.29. The van der Waals surface area contributed by atoms with Gasteiger partial charge in [-0.15, -0.1) is 6.58 Å². The molecule has 1 saturated heterocycles. The summed E-state index contributed by atoms with van der Waals surface area (Å²) in [6, 6.07) is 12.3. The van der Waals surface area contributed by atoms with E-state index in [2.05, 4.69) is 27.5 Å². The Morgan fingerprint density at radius 2 is 1.83 bits per heavy atom. The Bertz CT molecular complexity index is 1210. The lowest BCUT2D eigenvalue weighted by atomic mass is 10.2. The lowest BCUT2D eigenvalue weighted by Gasteiger charge is -2.13. The monoisotopic (exact) mass is 469 g/mol. The minimum Gasteiger partial charge on any atom is -0.312 e. The summed E-state index contributed by atoms with van der Waals surface area (Å²) in [7, 11) is 0. The van der Waals surface area contributed by atoms with Gasteiger partial charge >= 0.3 is 0 Å². The van der Waals surface area contributed by atoms with Gasteiger partial charge in [-0.05, 0) is 42.5 Å². The van der Waals surface area contributed by atoms with Crippen molar-refractivity contribution in [3.8, 4) is 0 Å². The number of hydrogen-bond acceptors (Lipinski definition) is 4. The van der Waals surface area contributed by atoms with E-state index in [1.165, 1.54) is 11.3 Å². The Labute approximate surface area is 178 Å². The molecule has 0 N–H and O–H groups in total. The van der Waals surface area contributed by atoms with Gasteiger partial charge in [0.1, 0.15) is 0 Å². The molecule has 0 atom stereocenters. The molecule has 1 aromatic heterocycles. The van der Waals surface area contributed by atoms with Crippen molar-refractivity contribution in [2.75, 3.05) is 4.90 Å². The van der Waals surface area contributed by atoms with E-state index in [9.17, 15) is 14.4 Å². The summed E-state index contributed by atoms with van der Waals surface area (Å²) in [5.74, 6) is -0.833. The third-order valence-corrected chi connectivity index (χ3v) is 6.11. The van der Waals surface area contributed by atoms with Crippen molar-refractivity contribution in [3.05, 3.63) is 70.0 Å². The van der Waals surface area contributed by atoms with Crippen LogP contribution in [0, 0.1) is 0 Å². The summed E-state index contributed by atoms with van der Waals surface area (Å²) in [5.41, 5.74) is 1.84. The third-order valence-electron chi connectivity index (χ3n) is 4.58. The maximum absolute atomic E-state index is 12.7. The molecule has 1 fully saturated rings. The van der Waals surface area contributed by atoms with Gasteiger partial charge < -0.3 is 4.57 Å². The number of halogens is 1. The van der Waals surface area contributed by atoms with E-state index >= 15 is 0 Å². The van der Waals surface area contributed by atoms with Crippen LogP contribution in [0.5, 0.6) is 0 Å². The molecule has 3 amide bonds. The molecule has 3 aromatic rings. The van der Waals surface area contributed by atoms with E-state index in [-0.39, 0.29) is 30.6 Å². The molecule has 0 unspecified atom stereocenters. The first-order chi connectivity index (χ1) is 14.0. The van der Waals surface area contributed by atoms with Crippen LogP contribution in [0.15, 0.2) is 64.6 Å². The van der Waals surface area contributed by atoms with Gasteiger partial charge in [0.2, 0.25) is 11.8 Å². The SMILES string of the molecule is C=CCn1c(=NC(=O)c2ccc(N3C(=O)CCC3=O)cc2)sc2cc(Br)ccc21. The second-order valence-electron chi connectivity index (χ2n) is 6.48. The number of aromatic nitrogens is 1. The summed E-state index contributed by atoms with van der Waals surface area (Å²) in [4.78, 5) is 42.5. The van der Waals surface area contributed by atoms with E-state index in [0.717, 1.165) is 19.6 Å². The fraction of sp³-hybridized carbons (Fsp3) is 0.143. The van der Waals surface area contributed by atoms with Crippen molar-refractivity contribution >= 4 is 60.9 Å². The molecule has 29 heavy (non-hydrogen) atoms. The zero-order valence-electron chi connectivity index (χ0n) is 15.3. The number of allylic oxidation sites excluding steroid dienone is 1. The molecule has 0 aliphatic carbocycles. The predicted molar refractivity (Wildman–Crippen MR) is 116 cm³/mol. The van der Waals surface area contributed by atoms with E-state index in [4.69, 9.17) is 0 Å². The van der Waals surface area contributed by atoms with Gasteiger partial charge in [0, 0.05) is 29.4 Å². The first kappa shape index (κ1) is 19.5. The fourth-order valence-electron chi connectivity index (χ4n) is 3.21. The van der Waals surface area contributed by atoms with Gasteiger partial charge in [0.05, 0.1) is 15.9 Å². The van der Waals surface area contributed by atoms with Crippen LogP contribution in [-0.2, 0) is 16.1 Å². The molecule has 2 heterocycles. The van der Waals surface area contributed by atoms with Gasteiger partial charge in [0.25, 0.3) is 5.91 Å². The summed E-state index contributed by atoms with van der Waals surface area (Å²) in [5, 5.41) is 0. The summed E-state index contributed by atoms with van der Waals surface area (Å²) < 4.78 is 3.90. The molecule has 1 aliphatic heterocycles. The number of nitrogens with zero attached hydrogens (tertiary/aromatic N) is 3. The van der Waals surface area contributed by atoms with Crippen LogP contribution in [-0.4, -0.2) is 22.3 Å². The van der Waals surface area contributed by atoms with Crippen LogP contribution < -0.4 is 9.70 Å². The van der Waals surface area contributed by atoms with Gasteiger partial charge in [0.15, 0.2) is 4.80 Å². The van der Waals surface area contributed by atoms with E-state index in [0.29, 0.717) is 22.6 Å². The maximum Gasteiger partial charge on any atom is 0.279 e. The second kappa shape index (κ2) is 7.88. The smallest absolute Gasteiger partial charge is 0.279 e. The number of anilines is 1. The lowest BCUT2D eigenvalue weighted by molar-refractivity contribution is -0.121.